The van der Waals surface area contributed by atoms with Crippen LogP contribution < -0.4 is 24.2 Å². The molecule has 2 saturated heterocycles. The third-order valence-electron chi connectivity index (χ3n) is 5.79. The summed E-state index contributed by atoms with van der Waals surface area (Å²) < 4.78 is 10.4. The second-order valence-corrected chi connectivity index (χ2v) is 7.37. The Hall–Kier alpha value is -3.06. The van der Waals surface area contributed by atoms with E-state index in [1.165, 1.54) is 9.80 Å². The average Bonchev–Trinajstić information content (AvgIpc) is 3.08. The minimum Gasteiger partial charge on any atom is -0.497 e. The molecule has 0 spiro atoms. The fourth-order valence-corrected chi connectivity index (χ4v) is 4.17. The molecule has 2 heterocycles. The quantitative estimate of drug-likeness (QED) is 0.756. The van der Waals surface area contributed by atoms with Gasteiger partial charge in [-0.2, -0.15) is 0 Å². The number of carbonyl (C=O) groups is 2. The summed E-state index contributed by atoms with van der Waals surface area (Å²) in [6.07, 6.45) is 0.258. The van der Waals surface area contributed by atoms with Gasteiger partial charge in [0.25, 0.3) is 5.91 Å². The maximum absolute atomic E-state index is 13.1. The van der Waals surface area contributed by atoms with E-state index in [9.17, 15) is 9.59 Å². The Morgan fingerprint density at radius 2 is 1.59 bits per heavy atom. The summed E-state index contributed by atoms with van der Waals surface area (Å²) in [6.45, 7) is 3.33. The number of methoxy groups -OCH3 is 2. The molecule has 2 aromatic carbocycles. The van der Waals surface area contributed by atoms with Gasteiger partial charge in [0, 0.05) is 11.8 Å². The molecule has 29 heavy (non-hydrogen) atoms. The van der Waals surface area contributed by atoms with E-state index in [1.807, 2.05) is 12.1 Å². The summed E-state index contributed by atoms with van der Waals surface area (Å²) in [6, 6.07) is 14.8. The van der Waals surface area contributed by atoms with Crippen LogP contribution in [-0.2, 0) is 9.59 Å². The Morgan fingerprint density at radius 1 is 0.897 bits per heavy atom. The molecule has 0 saturated carbocycles. The van der Waals surface area contributed by atoms with Gasteiger partial charge in [0.15, 0.2) is 6.04 Å². The van der Waals surface area contributed by atoms with E-state index < -0.39 is 0 Å². The van der Waals surface area contributed by atoms with E-state index in [0.29, 0.717) is 11.4 Å². The number of hydrogen-bond acceptors (Lipinski definition) is 5. The zero-order valence-corrected chi connectivity index (χ0v) is 16.8. The fourth-order valence-electron chi connectivity index (χ4n) is 4.17. The minimum atomic E-state index is -0.313. The Morgan fingerprint density at radius 3 is 2.24 bits per heavy atom. The maximum Gasteiger partial charge on any atom is 0.292 e. The van der Waals surface area contributed by atoms with Crippen molar-refractivity contribution in [3.8, 4) is 11.5 Å². The van der Waals surface area contributed by atoms with Crippen molar-refractivity contribution in [3.63, 3.8) is 0 Å². The molecule has 0 aliphatic carbocycles. The van der Waals surface area contributed by atoms with Crippen molar-refractivity contribution >= 4 is 23.2 Å². The van der Waals surface area contributed by atoms with E-state index in [2.05, 4.69) is 17.0 Å². The lowest BCUT2D eigenvalue weighted by Crippen LogP contribution is -3.19. The van der Waals surface area contributed by atoms with Gasteiger partial charge >= 0.3 is 0 Å². The van der Waals surface area contributed by atoms with Gasteiger partial charge in [-0.15, -0.1) is 0 Å². The van der Waals surface area contributed by atoms with E-state index in [0.717, 1.165) is 37.6 Å². The van der Waals surface area contributed by atoms with E-state index >= 15 is 0 Å². The average molecular weight is 396 g/mol. The molecule has 7 heteroatoms. The van der Waals surface area contributed by atoms with Crippen LogP contribution in [0.4, 0.5) is 11.4 Å². The summed E-state index contributed by atoms with van der Waals surface area (Å²) in [4.78, 5) is 30.5. The van der Waals surface area contributed by atoms with Gasteiger partial charge in [0.2, 0.25) is 5.91 Å². The summed E-state index contributed by atoms with van der Waals surface area (Å²) in [5, 5.41) is 0. The van der Waals surface area contributed by atoms with Crippen molar-refractivity contribution in [2.75, 3.05) is 50.2 Å². The number of nitrogens with zero attached hydrogens (tertiary/aromatic N) is 2. The third kappa shape index (κ3) is 3.78. The van der Waals surface area contributed by atoms with Crippen LogP contribution in [0.15, 0.2) is 48.5 Å². The largest absolute Gasteiger partial charge is 0.497 e. The lowest BCUT2D eigenvalue weighted by atomic mass is 10.1. The SMILES string of the molecule is COc1ccc(N2CC[NH+]([C@H]3CC(=O)N(c4cccc(OC)c4)C3=O)CC2)cc1. The van der Waals surface area contributed by atoms with Crippen LogP contribution in [0.3, 0.4) is 0 Å². The monoisotopic (exact) mass is 396 g/mol. The van der Waals surface area contributed by atoms with Gasteiger partial charge in [-0.25, -0.2) is 4.90 Å². The molecular weight excluding hydrogens is 370 g/mol. The number of rotatable bonds is 5. The number of anilines is 2. The van der Waals surface area contributed by atoms with Crippen LogP contribution in [0.2, 0.25) is 0 Å². The highest BCUT2D eigenvalue weighted by molar-refractivity contribution is 6.21. The van der Waals surface area contributed by atoms with Crippen molar-refractivity contribution in [1.82, 2.24) is 0 Å². The first-order chi connectivity index (χ1) is 14.1. The zero-order valence-electron chi connectivity index (χ0n) is 16.8. The lowest BCUT2D eigenvalue weighted by Gasteiger charge is -2.35. The minimum absolute atomic E-state index is 0.115. The smallest absolute Gasteiger partial charge is 0.292 e. The van der Waals surface area contributed by atoms with Crippen LogP contribution in [-0.4, -0.2) is 58.3 Å². The van der Waals surface area contributed by atoms with Crippen LogP contribution in [0, 0.1) is 0 Å². The normalized spacial score (nSPS) is 20.3. The van der Waals surface area contributed by atoms with Gasteiger partial charge in [-0.3, -0.25) is 9.59 Å². The molecule has 7 nitrogen and oxygen atoms in total. The van der Waals surface area contributed by atoms with Crippen LogP contribution in [0.1, 0.15) is 6.42 Å². The molecule has 152 valence electrons. The first kappa shape index (κ1) is 19.3. The highest BCUT2D eigenvalue weighted by atomic mass is 16.5. The van der Waals surface area contributed by atoms with Crippen molar-refractivity contribution in [2.24, 2.45) is 0 Å². The Kier molecular flexibility index (Phi) is 5.40. The number of amides is 2. The molecule has 0 bridgehead atoms. The molecule has 2 fully saturated rings. The van der Waals surface area contributed by atoms with E-state index in [4.69, 9.17) is 9.47 Å². The van der Waals surface area contributed by atoms with Crippen molar-refractivity contribution in [2.45, 2.75) is 12.5 Å². The summed E-state index contributed by atoms with van der Waals surface area (Å²) >= 11 is 0. The number of ether oxygens (including phenoxy) is 2. The number of carbonyl (C=O) groups excluding carboxylic acids is 2. The second-order valence-electron chi connectivity index (χ2n) is 7.37. The summed E-state index contributed by atoms with van der Waals surface area (Å²) in [7, 11) is 3.23. The molecule has 2 aromatic rings. The van der Waals surface area contributed by atoms with Crippen molar-refractivity contribution in [3.05, 3.63) is 48.5 Å². The van der Waals surface area contributed by atoms with E-state index in [-0.39, 0.29) is 24.3 Å². The Labute approximate surface area is 170 Å². The highest BCUT2D eigenvalue weighted by Crippen LogP contribution is 2.26. The molecule has 1 N–H and O–H groups in total. The molecule has 2 aliphatic heterocycles. The number of nitrogens with one attached hydrogen (secondary N) is 1. The molecular formula is C22H26N3O4+. The number of quaternary nitrogens is 1. The molecule has 2 amide bonds. The standard InChI is InChI=1S/C22H25N3O4/c1-28-18-8-6-16(7-9-18)23-10-12-24(13-11-23)20-15-21(26)25(22(20)27)17-4-3-5-19(14-17)29-2/h3-9,14,20H,10-13,15H2,1-2H3/p+1/t20-/m0/s1. The predicted octanol–water partition coefficient (Wildman–Crippen LogP) is 0.741. The van der Waals surface area contributed by atoms with Gasteiger partial charge in [0.05, 0.1) is 52.5 Å². The molecule has 2 aliphatic rings. The lowest BCUT2D eigenvalue weighted by molar-refractivity contribution is -0.915. The molecule has 1 atom stereocenters. The van der Waals surface area contributed by atoms with Gasteiger partial charge in [-0.05, 0) is 36.4 Å². The van der Waals surface area contributed by atoms with Gasteiger partial charge < -0.3 is 19.3 Å². The summed E-state index contributed by atoms with van der Waals surface area (Å²) in [5.41, 5.74) is 1.73. The first-order valence-corrected chi connectivity index (χ1v) is 9.85. The third-order valence-corrected chi connectivity index (χ3v) is 5.79. The van der Waals surface area contributed by atoms with Crippen molar-refractivity contribution in [1.29, 1.82) is 0 Å². The highest BCUT2D eigenvalue weighted by Gasteiger charge is 2.46. The van der Waals surface area contributed by atoms with Crippen molar-refractivity contribution < 1.29 is 24.0 Å². The maximum atomic E-state index is 13.1. The van der Waals surface area contributed by atoms with Gasteiger partial charge in [-0.1, -0.05) is 6.07 Å². The van der Waals surface area contributed by atoms with Crippen LogP contribution >= 0.6 is 0 Å². The number of benzene rings is 2. The first-order valence-electron chi connectivity index (χ1n) is 9.85. The molecule has 4 rings (SSSR count). The van der Waals surface area contributed by atoms with Crippen LogP contribution in [0.5, 0.6) is 11.5 Å². The second kappa shape index (κ2) is 8.13. The predicted molar refractivity (Wildman–Crippen MR) is 110 cm³/mol. The molecule has 0 aromatic heterocycles. The number of imide groups is 1. The molecule has 0 radical (unpaired) electrons. The Bertz CT molecular complexity index is 891. The Balaban J connectivity index is 1.42. The molecule has 0 unspecified atom stereocenters. The van der Waals surface area contributed by atoms with Gasteiger partial charge in [0.1, 0.15) is 11.5 Å². The summed E-state index contributed by atoms with van der Waals surface area (Å²) in [5.74, 6) is 1.21. The van der Waals surface area contributed by atoms with Crippen LogP contribution in [0.25, 0.3) is 0 Å². The zero-order chi connectivity index (χ0) is 20.4. The number of hydrogen-bond donors (Lipinski definition) is 1. The van der Waals surface area contributed by atoms with E-state index in [1.54, 1.807) is 38.5 Å². The fraction of sp³-hybridized carbons (Fsp3) is 0.364. The topological polar surface area (TPSA) is 63.5 Å². The number of piperazine rings is 1.